The van der Waals surface area contributed by atoms with Crippen LogP contribution in [0, 0.1) is 0 Å². The highest BCUT2D eigenvalue weighted by atomic mass is 19.4. The molecule has 0 bridgehead atoms. The van der Waals surface area contributed by atoms with Gasteiger partial charge in [0, 0.05) is 25.9 Å². The van der Waals surface area contributed by atoms with Crippen molar-refractivity contribution in [1.29, 1.82) is 0 Å². The number of hydrogen-bond acceptors (Lipinski definition) is 5. The van der Waals surface area contributed by atoms with Gasteiger partial charge in [0.05, 0.1) is 23.4 Å². The SMILES string of the molecule is NCc1cccc(Oc2ccccc2N(Cc2ccc(-c3cccc(C(F)(F)F)c3)cc2)C(=O)CCC(=O)NCc2ccccc2C(F)(F)F)c1.O=C(O)C(F)(F)F. The molecule has 5 rings (SSSR count). The first-order chi connectivity index (χ1) is 27.3. The van der Waals surface area contributed by atoms with Crippen LogP contribution in [-0.2, 0) is 46.4 Å². The van der Waals surface area contributed by atoms with E-state index >= 15 is 0 Å². The van der Waals surface area contributed by atoms with Crippen LogP contribution in [0.4, 0.5) is 45.2 Å². The zero-order chi connectivity index (χ0) is 42.7. The van der Waals surface area contributed by atoms with Gasteiger partial charge >= 0.3 is 24.5 Å². The van der Waals surface area contributed by atoms with Crippen LogP contribution in [0.1, 0.15) is 40.7 Å². The van der Waals surface area contributed by atoms with E-state index in [2.05, 4.69) is 5.32 Å². The Morgan fingerprint density at radius 1 is 0.672 bits per heavy atom. The monoisotopic (exact) mass is 819 g/mol. The lowest BCUT2D eigenvalue weighted by Crippen LogP contribution is -2.32. The van der Waals surface area contributed by atoms with Gasteiger partial charge in [0.15, 0.2) is 5.75 Å². The number of hydrogen-bond donors (Lipinski definition) is 3. The molecule has 0 atom stereocenters. The molecule has 0 aliphatic heterocycles. The third kappa shape index (κ3) is 12.8. The number of rotatable bonds is 12. The third-order valence-corrected chi connectivity index (χ3v) is 8.24. The number of halogens is 9. The first kappa shape index (κ1) is 44.4. The topological polar surface area (TPSA) is 122 Å². The summed E-state index contributed by atoms with van der Waals surface area (Å²) in [4.78, 5) is 36.9. The number of nitrogens with zero attached hydrogens (tertiary/aromatic N) is 1. The number of aliphatic carboxylic acids is 1. The standard InChI is InChI=1S/C39H33F6N3O3.C2HF3O2/c40-38(41,42)31-10-6-9-29(22-31)28-17-15-26(16-18-28)25-48(34-13-3-4-14-35(34)51-32-11-5-7-27(21-32)23-46)37(50)20-19-36(49)47-24-30-8-1-2-12-33(30)39(43,44)45;3-2(4,5)1(6)7/h1-18,21-22H,19-20,23-25,46H2,(H,47,49);(H,6,7). The summed E-state index contributed by atoms with van der Waals surface area (Å²) in [6, 6.07) is 30.4. The van der Waals surface area contributed by atoms with E-state index in [0.29, 0.717) is 33.9 Å². The van der Waals surface area contributed by atoms with E-state index in [0.717, 1.165) is 23.8 Å². The number of carbonyl (C=O) groups is 3. The Morgan fingerprint density at radius 3 is 1.95 bits per heavy atom. The van der Waals surface area contributed by atoms with E-state index in [1.165, 1.54) is 29.2 Å². The smallest absolute Gasteiger partial charge is 0.475 e. The van der Waals surface area contributed by atoms with E-state index in [9.17, 15) is 49.1 Å². The molecule has 0 fully saturated rings. The Labute approximate surface area is 325 Å². The zero-order valence-electron chi connectivity index (χ0n) is 30.1. The average Bonchev–Trinajstić information content (AvgIpc) is 3.18. The van der Waals surface area contributed by atoms with Crippen molar-refractivity contribution in [3.63, 3.8) is 0 Å². The summed E-state index contributed by atoms with van der Waals surface area (Å²) < 4.78 is 118. The fourth-order valence-electron chi connectivity index (χ4n) is 5.39. The molecule has 0 radical (unpaired) electrons. The second-order valence-corrected chi connectivity index (χ2v) is 12.4. The minimum atomic E-state index is -5.08. The Morgan fingerprint density at radius 2 is 1.31 bits per heavy atom. The van der Waals surface area contributed by atoms with Gasteiger partial charge in [-0.3, -0.25) is 9.59 Å². The van der Waals surface area contributed by atoms with E-state index in [1.807, 2.05) is 6.07 Å². The predicted octanol–water partition coefficient (Wildman–Crippen LogP) is 9.91. The van der Waals surface area contributed by atoms with Gasteiger partial charge in [0.25, 0.3) is 0 Å². The molecule has 17 heteroatoms. The van der Waals surface area contributed by atoms with Gasteiger partial charge in [-0.15, -0.1) is 0 Å². The number of benzene rings is 5. The fourth-order valence-corrected chi connectivity index (χ4v) is 5.39. The minimum absolute atomic E-state index is 0.00545. The molecule has 0 spiro atoms. The van der Waals surface area contributed by atoms with Crippen LogP contribution < -0.4 is 20.7 Å². The number of nitrogens with one attached hydrogen (secondary N) is 1. The van der Waals surface area contributed by atoms with Crippen LogP contribution >= 0.6 is 0 Å². The van der Waals surface area contributed by atoms with E-state index < -0.39 is 47.4 Å². The molecule has 0 saturated carbocycles. The van der Waals surface area contributed by atoms with Gasteiger partial charge in [-0.05, 0) is 70.3 Å². The summed E-state index contributed by atoms with van der Waals surface area (Å²) in [6.45, 7) is -0.0848. The summed E-state index contributed by atoms with van der Waals surface area (Å²) in [5, 5.41) is 9.60. The quantitative estimate of drug-likeness (QED) is 0.108. The van der Waals surface area contributed by atoms with Crippen molar-refractivity contribution in [1.82, 2.24) is 5.32 Å². The lowest BCUT2D eigenvalue weighted by Gasteiger charge is -2.25. The number of carboxylic acid groups (broad SMARTS) is 1. The number of para-hydroxylation sites is 2. The summed E-state index contributed by atoms with van der Waals surface area (Å²) in [5.41, 5.74) is 6.78. The summed E-state index contributed by atoms with van der Waals surface area (Å²) >= 11 is 0. The molecule has 8 nitrogen and oxygen atoms in total. The summed E-state index contributed by atoms with van der Waals surface area (Å²) in [6.07, 6.45) is -14.8. The zero-order valence-corrected chi connectivity index (χ0v) is 30.1. The molecule has 0 aliphatic carbocycles. The van der Waals surface area contributed by atoms with Crippen molar-refractivity contribution in [2.75, 3.05) is 4.90 Å². The van der Waals surface area contributed by atoms with Crippen LogP contribution in [0.3, 0.4) is 0 Å². The van der Waals surface area contributed by atoms with Crippen LogP contribution in [0.2, 0.25) is 0 Å². The number of anilines is 1. The van der Waals surface area contributed by atoms with Crippen molar-refractivity contribution < 1.29 is 63.7 Å². The number of carboxylic acids is 1. The van der Waals surface area contributed by atoms with Crippen LogP contribution in [0.5, 0.6) is 11.5 Å². The maximum absolute atomic E-state index is 13.9. The molecule has 58 heavy (non-hydrogen) atoms. The number of ether oxygens (including phenoxy) is 1. The molecule has 0 heterocycles. The van der Waals surface area contributed by atoms with Gasteiger partial charge in [-0.25, -0.2) is 4.79 Å². The highest BCUT2D eigenvalue weighted by molar-refractivity contribution is 5.96. The normalized spacial score (nSPS) is 11.6. The molecular weight excluding hydrogens is 785 g/mol. The molecule has 4 N–H and O–H groups in total. The summed E-state index contributed by atoms with van der Waals surface area (Å²) in [5.74, 6) is -3.05. The molecule has 5 aromatic carbocycles. The number of nitrogens with two attached hydrogens (primary N) is 1. The molecule has 0 unspecified atom stereocenters. The first-order valence-corrected chi connectivity index (χ1v) is 17.1. The van der Waals surface area contributed by atoms with E-state index in [1.54, 1.807) is 72.8 Å². The van der Waals surface area contributed by atoms with Crippen molar-refractivity contribution in [3.05, 3.63) is 149 Å². The molecule has 5 aromatic rings. The highest BCUT2D eigenvalue weighted by Crippen LogP contribution is 2.36. The number of amides is 2. The van der Waals surface area contributed by atoms with Gasteiger partial charge in [0.2, 0.25) is 11.8 Å². The second-order valence-electron chi connectivity index (χ2n) is 12.4. The lowest BCUT2D eigenvalue weighted by atomic mass is 10.0. The van der Waals surface area contributed by atoms with Crippen molar-refractivity contribution in [2.45, 2.75) is 51.0 Å². The fraction of sp³-hybridized carbons (Fsp3) is 0.195. The first-order valence-electron chi connectivity index (χ1n) is 17.1. The number of alkyl halides is 9. The van der Waals surface area contributed by atoms with Crippen molar-refractivity contribution in [3.8, 4) is 22.6 Å². The van der Waals surface area contributed by atoms with Gasteiger partial charge in [0.1, 0.15) is 5.75 Å². The minimum Gasteiger partial charge on any atom is -0.475 e. The van der Waals surface area contributed by atoms with Crippen LogP contribution in [-0.4, -0.2) is 29.1 Å². The number of carbonyl (C=O) groups excluding carboxylic acids is 2. The van der Waals surface area contributed by atoms with Crippen molar-refractivity contribution in [2.24, 2.45) is 5.73 Å². The van der Waals surface area contributed by atoms with Crippen LogP contribution in [0.15, 0.2) is 121 Å². The second kappa shape index (κ2) is 19.2. The van der Waals surface area contributed by atoms with Crippen molar-refractivity contribution >= 4 is 23.5 Å². The molecule has 0 aromatic heterocycles. The maximum atomic E-state index is 13.9. The van der Waals surface area contributed by atoms with Gasteiger partial charge < -0.3 is 25.8 Å². The highest BCUT2D eigenvalue weighted by Gasteiger charge is 2.38. The Hall–Kier alpha value is -6.36. The van der Waals surface area contributed by atoms with Gasteiger partial charge in [-0.2, -0.15) is 39.5 Å². The average molecular weight is 820 g/mol. The van der Waals surface area contributed by atoms with E-state index in [4.69, 9.17) is 20.4 Å². The molecule has 306 valence electrons. The summed E-state index contributed by atoms with van der Waals surface area (Å²) in [7, 11) is 0. The van der Waals surface area contributed by atoms with E-state index in [-0.39, 0.29) is 38.0 Å². The van der Waals surface area contributed by atoms with Crippen LogP contribution in [0.25, 0.3) is 11.1 Å². The Kier molecular flexibility index (Phi) is 14.7. The maximum Gasteiger partial charge on any atom is 0.490 e. The molecule has 2 amide bonds. The molecule has 0 aliphatic rings. The predicted molar refractivity (Wildman–Crippen MR) is 195 cm³/mol. The van der Waals surface area contributed by atoms with Gasteiger partial charge in [-0.1, -0.05) is 78.9 Å². The molecular formula is C41H34F9N3O5. The molecule has 0 saturated heterocycles. The Bertz CT molecular complexity index is 2190. The third-order valence-electron chi connectivity index (χ3n) is 8.24. The largest absolute Gasteiger partial charge is 0.490 e. The lowest BCUT2D eigenvalue weighted by molar-refractivity contribution is -0.192. The Balaban J connectivity index is 0.000000973.